The maximum Gasteiger partial charge on any atom is 0.416 e. The van der Waals surface area contributed by atoms with Gasteiger partial charge in [0.2, 0.25) is 0 Å². The molecule has 39 heteroatoms. The molecule has 14 rings (SSSR count). The number of fused-ring (bicyclic) bond motifs is 4. The lowest BCUT2D eigenvalue weighted by molar-refractivity contribution is -0.150. The van der Waals surface area contributed by atoms with Gasteiger partial charge in [-0.2, -0.15) is 0 Å². The number of aliphatic hydroxyl groups is 3. The van der Waals surface area contributed by atoms with Gasteiger partial charge in [0.15, 0.2) is 20.7 Å². The van der Waals surface area contributed by atoms with E-state index in [0.717, 1.165) is 56.1 Å². The van der Waals surface area contributed by atoms with Gasteiger partial charge >= 0.3 is 36.2 Å². The van der Waals surface area contributed by atoms with Gasteiger partial charge < -0.3 is 101 Å². The van der Waals surface area contributed by atoms with Crippen LogP contribution in [0.4, 0.5) is 14.4 Å². The van der Waals surface area contributed by atoms with Crippen LogP contribution in [0.5, 0.6) is 17.2 Å². The van der Waals surface area contributed by atoms with E-state index in [2.05, 4.69) is 46.7 Å². The van der Waals surface area contributed by atoms with Crippen molar-refractivity contribution in [3.05, 3.63) is 205 Å². The first kappa shape index (κ1) is 115. The average Bonchev–Trinajstić information content (AvgIpc) is 1.71. The molecule has 6 aromatic rings. The number of nitrogens with zero attached hydrogens (tertiary/aromatic N) is 7. The maximum atomic E-state index is 12.6. The van der Waals surface area contributed by atoms with E-state index >= 15 is 0 Å². The van der Waals surface area contributed by atoms with Crippen LogP contribution in [0.1, 0.15) is 121 Å². The normalized spacial score (nSPS) is 25.9. The van der Waals surface area contributed by atoms with Crippen molar-refractivity contribution >= 4 is 139 Å². The topological polar surface area (TPSA) is 399 Å². The van der Waals surface area contributed by atoms with Crippen LogP contribution < -0.4 is 35.4 Å². The Hall–Kier alpha value is -10.1. The maximum absolute atomic E-state index is 12.6. The third-order valence-corrected chi connectivity index (χ3v) is 31.9. The second-order valence-corrected chi connectivity index (χ2v) is 44.6. The van der Waals surface area contributed by atoms with E-state index in [0.29, 0.717) is 53.7 Å². The highest BCUT2D eigenvalue weighted by Crippen LogP contribution is 2.47. The van der Waals surface area contributed by atoms with Crippen molar-refractivity contribution in [3.8, 4) is 17.2 Å². The fraction of sp³-hybridized carbons (Fsp3) is 0.500. The Morgan fingerprint density at radius 3 is 1.11 bits per heavy atom. The van der Waals surface area contributed by atoms with E-state index in [-0.39, 0.29) is 90.4 Å². The lowest BCUT2D eigenvalue weighted by Crippen LogP contribution is -2.58. The molecule has 0 spiro atoms. The number of hydrogen-bond donors (Lipinski definition) is 4. The standard InChI is InChI=1S/C26H36N2O7S.C22H32N2O6S.C22H30N2O6S.C22H21O2P.C12H18N2O5S/c1-8-32-20(29)14-13-19-16(2)22(33-15-17-9-11-18(31-7)12-10-17)21-23(34-19)36-24(27-21)28(6)25(30)35-26(3,4)5;2*1-13-16(11-25)29-19-17(18(13)28-12-14-7-9-15(27-6)10-8-14)23-20(31-19)24(5)21(26)30-22(2,3)4;1-2-24-22(23)18-25(19-12-6-3-7-13-19,20-14-8-4-9-15-20)21-16-10-5-11-17-21;1-3-18-7(15)5-4-6-9(16)10(17)8-11(19-6)20-12(13-2)14-8/h9-14,16,19,21-23H,8,15H2,1-7H3;7-10,13,16-19,25H,11-12H2,1-6H3;7-11,13,16-19H,12H2,1-6H3;3-18H,2H2,1H3;4-6,8-11,16-17H,3H2,1-2H3,(H,13,14)/b14-13+;;;;5-4+/t16-,19-,21-,22+,23-;2*13-,16-,17-,18+,19-;;6-,8-,9-,10-,11-/m111.1/s1. The molecule has 3 amide bonds. The molecule has 0 unspecified atom stereocenters. The van der Waals surface area contributed by atoms with Gasteiger partial charge in [-0.05, 0) is 171 Å². The van der Waals surface area contributed by atoms with Gasteiger partial charge in [-0.1, -0.05) is 195 Å². The monoisotopic (exact) mass is 2070 g/mol. The van der Waals surface area contributed by atoms with Crippen molar-refractivity contribution in [1.29, 1.82) is 0 Å². The largest absolute Gasteiger partial charge is 0.497 e. The molecule has 4 N–H and O–H groups in total. The molecule has 0 aliphatic carbocycles. The number of esters is 3. The van der Waals surface area contributed by atoms with E-state index in [1.54, 1.807) is 75.2 Å². The number of amidine groups is 4. The molecule has 8 heterocycles. The van der Waals surface area contributed by atoms with E-state index in [9.17, 15) is 48.9 Å². The van der Waals surface area contributed by atoms with Crippen LogP contribution in [0.15, 0.2) is 208 Å². The first-order chi connectivity index (χ1) is 68.1. The van der Waals surface area contributed by atoms with Crippen LogP contribution in [-0.2, 0) is 101 Å². The minimum absolute atomic E-state index is 0.0694. The van der Waals surface area contributed by atoms with Crippen molar-refractivity contribution in [3.63, 3.8) is 0 Å². The molecule has 0 bridgehead atoms. The van der Waals surface area contributed by atoms with E-state index in [1.165, 1.54) is 80.0 Å². The van der Waals surface area contributed by atoms with Gasteiger partial charge in [0.1, 0.15) is 105 Å². The summed E-state index contributed by atoms with van der Waals surface area (Å²) in [5.41, 5.74) is -0.343. The fourth-order valence-electron chi connectivity index (χ4n) is 15.8. The Balaban J connectivity index is 0.000000186. The van der Waals surface area contributed by atoms with Gasteiger partial charge in [0.25, 0.3) is 0 Å². The molecule has 5 saturated heterocycles. The summed E-state index contributed by atoms with van der Waals surface area (Å²) >= 11 is 5.35. The predicted octanol–water partition coefficient (Wildman–Crippen LogP) is 13.7. The Morgan fingerprint density at radius 1 is 0.448 bits per heavy atom. The van der Waals surface area contributed by atoms with Gasteiger partial charge in [0.05, 0.1) is 104 Å². The lowest BCUT2D eigenvalue weighted by atomic mass is 9.89. The molecule has 0 aromatic heterocycles. The molecular weight excluding hydrogens is 1940 g/mol. The number of nitrogens with one attached hydrogen (secondary N) is 1. The summed E-state index contributed by atoms with van der Waals surface area (Å²) in [6.07, 6.45) is -0.122. The van der Waals surface area contributed by atoms with Crippen LogP contribution in [0.3, 0.4) is 0 Å². The minimum Gasteiger partial charge on any atom is -0.497 e. The molecule has 8 aliphatic heterocycles. The Labute approximate surface area is 855 Å². The first-order valence-electron chi connectivity index (χ1n) is 47.2. The quantitative estimate of drug-likeness (QED) is 0.0136. The molecule has 6 aromatic carbocycles. The highest BCUT2D eigenvalue weighted by Gasteiger charge is 2.54. The summed E-state index contributed by atoms with van der Waals surface area (Å²) in [7, 11) is 11.4. The number of methoxy groups -OCH3 is 3. The Bertz CT molecular complexity index is 5300. The zero-order valence-corrected chi connectivity index (χ0v) is 89.2. The number of aliphatic hydroxyl groups excluding tert-OH is 3. The highest BCUT2D eigenvalue weighted by atomic mass is 32.2. The predicted molar refractivity (Wildman–Crippen MR) is 558 cm³/mol. The zero-order valence-electron chi connectivity index (χ0n) is 85.0. The number of hydrogen-bond acceptors (Lipinski definition) is 34. The molecule has 5 fully saturated rings. The van der Waals surface area contributed by atoms with Crippen molar-refractivity contribution < 1.29 is 125 Å². The molecular formula is C104H137N8O26PS4. The van der Waals surface area contributed by atoms with Crippen LogP contribution >= 0.6 is 53.9 Å². The number of amides is 3. The summed E-state index contributed by atoms with van der Waals surface area (Å²) in [6, 6.07) is 52.3. The van der Waals surface area contributed by atoms with E-state index in [1.807, 2.05) is 217 Å². The summed E-state index contributed by atoms with van der Waals surface area (Å²) < 4.78 is 90.0. The van der Waals surface area contributed by atoms with Crippen molar-refractivity contribution in [1.82, 2.24) is 20.0 Å². The van der Waals surface area contributed by atoms with Crippen LogP contribution in [0.25, 0.3) is 0 Å². The second-order valence-electron chi connectivity index (χ2n) is 37.0. The van der Waals surface area contributed by atoms with Gasteiger partial charge in [-0.15, -0.1) is 0 Å². The summed E-state index contributed by atoms with van der Waals surface area (Å²) in [4.78, 5) is 107. The number of rotatable bonds is 25. The number of ether oxygens (including phenoxy) is 16. The van der Waals surface area contributed by atoms with Crippen molar-refractivity contribution in [2.75, 3.05) is 75.9 Å². The molecule has 143 heavy (non-hydrogen) atoms. The SMILES string of the molecule is CCOC(=O)/C=C/[C@H]1O[C@@H]2SC(=NC)N[C@@H]2[C@@H](O)[C@@H]1O.CCOC(=O)/C=C/[C@H]1O[C@@H]2SC(N(C)C(=O)OC(C)(C)C)=N[C@@H]2[C@@H](OCc2ccc(OC)cc2)[C@@H]1C.CCOC(=O)C=P(c1ccccc1)(c1ccccc1)c1ccccc1.COc1ccc(CO[C@H]2[C@H](C)[C@@H](C=O)O[C@@H]3SC(N(C)C(=O)OC(C)(C)C)=N[C@H]23)cc1.COc1ccc(CO[C@H]2[C@H](C)[C@@H](CO)O[C@@H]3SC(N(C)C(=O)OC(C)(C)C)=N[C@H]23)cc1. The second kappa shape index (κ2) is 53.8. The van der Waals surface area contributed by atoms with Crippen molar-refractivity contribution in [2.24, 2.45) is 37.7 Å². The fourth-order valence-corrected chi connectivity index (χ4v) is 24.0. The van der Waals surface area contributed by atoms with Crippen LogP contribution in [-0.4, -0.2) is 293 Å². The summed E-state index contributed by atoms with van der Waals surface area (Å²) in [5.74, 6) is 2.56. The third kappa shape index (κ3) is 31.9. The van der Waals surface area contributed by atoms with Gasteiger partial charge in [-0.3, -0.25) is 34.7 Å². The van der Waals surface area contributed by atoms with Gasteiger partial charge in [-0.25, -0.2) is 28.8 Å². The van der Waals surface area contributed by atoms with Crippen LogP contribution in [0, 0.1) is 17.8 Å². The number of thioether (sulfide) groups is 4. The van der Waals surface area contributed by atoms with Crippen LogP contribution in [0.2, 0.25) is 0 Å². The molecule has 8 aliphatic rings. The minimum atomic E-state index is -2.24. The highest BCUT2D eigenvalue weighted by molar-refractivity contribution is 8.15. The smallest absolute Gasteiger partial charge is 0.416 e. The summed E-state index contributed by atoms with van der Waals surface area (Å²) in [5, 5.41) is 38.5. The van der Waals surface area contributed by atoms with E-state index in [4.69, 9.17) is 90.8 Å². The zero-order chi connectivity index (χ0) is 104. The number of carbonyl (C=O) groups excluding carboxylic acids is 7. The Morgan fingerprint density at radius 2 is 0.776 bits per heavy atom. The lowest BCUT2D eigenvalue weighted by Gasteiger charge is -2.41. The van der Waals surface area contributed by atoms with Gasteiger partial charge in [0, 0.05) is 63.9 Å². The summed E-state index contributed by atoms with van der Waals surface area (Å²) in [6.45, 7) is 27.3. The number of benzene rings is 6. The third-order valence-electron chi connectivity index (χ3n) is 23.2. The molecule has 778 valence electrons. The molecule has 34 nitrogen and oxygen atoms in total. The molecule has 20 atom stereocenters. The number of aliphatic imine (C=N–C) groups is 4. The number of aldehydes is 1. The van der Waals surface area contributed by atoms with Crippen molar-refractivity contribution in [2.45, 2.75) is 241 Å². The average molecular weight is 2070 g/mol. The van der Waals surface area contributed by atoms with E-state index < -0.39 is 101 Å². The first-order valence-corrected chi connectivity index (χ1v) is 52.6. The molecule has 0 radical (unpaired) electrons. The number of carbonyl (C=O) groups is 7. The molecule has 0 saturated carbocycles. The Kier molecular flexibility index (Phi) is 43.2.